The second-order valence-electron chi connectivity index (χ2n) is 7.68. The van der Waals surface area contributed by atoms with E-state index in [4.69, 9.17) is 0 Å². The summed E-state index contributed by atoms with van der Waals surface area (Å²) in [5, 5.41) is 16.2. The standard InChI is InChI=1S/C21H24N8/c1-28-18(9-12-23-28)25-21-22-11-8-17(24-21)16-10-13-29-19(26-27-20(29)14-16)7-6-15-4-2-3-5-15/h8-15H,2-7H2,1H3,(H,22,24,25). The minimum Gasteiger partial charge on any atom is -0.309 e. The van der Waals surface area contributed by atoms with E-state index in [0.717, 1.165) is 40.9 Å². The summed E-state index contributed by atoms with van der Waals surface area (Å²) in [7, 11) is 1.87. The normalized spacial score (nSPS) is 14.7. The van der Waals surface area contributed by atoms with E-state index in [1.54, 1.807) is 17.1 Å². The van der Waals surface area contributed by atoms with Crippen molar-refractivity contribution in [2.45, 2.75) is 38.5 Å². The first-order chi connectivity index (χ1) is 14.3. The summed E-state index contributed by atoms with van der Waals surface area (Å²) in [4.78, 5) is 8.95. The Kier molecular flexibility index (Phi) is 4.67. The van der Waals surface area contributed by atoms with Crippen molar-refractivity contribution in [3.05, 3.63) is 48.7 Å². The molecule has 0 bridgehead atoms. The molecule has 1 aliphatic rings. The Morgan fingerprint density at radius 2 is 2.00 bits per heavy atom. The largest absolute Gasteiger partial charge is 0.309 e. The number of hydrogen-bond acceptors (Lipinski definition) is 6. The number of hydrogen-bond donors (Lipinski definition) is 1. The van der Waals surface area contributed by atoms with Gasteiger partial charge in [0, 0.05) is 37.5 Å². The van der Waals surface area contributed by atoms with Gasteiger partial charge in [-0.2, -0.15) is 5.10 Å². The van der Waals surface area contributed by atoms with Crippen LogP contribution in [0.3, 0.4) is 0 Å². The number of rotatable bonds is 6. The van der Waals surface area contributed by atoms with Crippen molar-refractivity contribution in [3.8, 4) is 11.3 Å². The SMILES string of the molecule is Cn1nccc1Nc1nccc(-c2ccn3c(CCC4CCCC4)nnc3c2)n1. The van der Waals surface area contributed by atoms with E-state index in [0.29, 0.717) is 5.95 Å². The highest BCUT2D eigenvalue weighted by molar-refractivity contribution is 5.65. The van der Waals surface area contributed by atoms with Crippen molar-refractivity contribution in [2.75, 3.05) is 5.32 Å². The Hall–Kier alpha value is -3.29. The zero-order chi connectivity index (χ0) is 19.6. The molecule has 0 aliphatic heterocycles. The van der Waals surface area contributed by atoms with E-state index in [1.807, 2.05) is 31.4 Å². The average Bonchev–Trinajstić information content (AvgIpc) is 3.48. The lowest BCUT2D eigenvalue weighted by atomic mass is 10.0. The van der Waals surface area contributed by atoms with Crippen molar-refractivity contribution >= 4 is 17.4 Å². The van der Waals surface area contributed by atoms with E-state index < -0.39 is 0 Å². The fourth-order valence-corrected chi connectivity index (χ4v) is 4.09. The third kappa shape index (κ3) is 3.70. The molecule has 1 fully saturated rings. The highest BCUT2D eigenvalue weighted by atomic mass is 15.3. The molecule has 8 heteroatoms. The van der Waals surface area contributed by atoms with Gasteiger partial charge in [-0.25, -0.2) is 9.97 Å². The fraction of sp³-hybridized carbons (Fsp3) is 0.381. The molecule has 0 atom stereocenters. The lowest BCUT2D eigenvalue weighted by molar-refractivity contribution is 0.496. The second kappa shape index (κ2) is 7.62. The van der Waals surface area contributed by atoms with Crippen LogP contribution < -0.4 is 5.32 Å². The number of aromatic nitrogens is 7. The van der Waals surface area contributed by atoms with Gasteiger partial charge in [0.2, 0.25) is 5.95 Å². The Balaban J connectivity index is 1.36. The Labute approximate surface area is 169 Å². The minimum absolute atomic E-state index is 0.532. The number of fused-ring (bicyclic) bond motifs is 1. The summed E-state index contributed by atoms with van der Waals surface area (Å²) in [5.41, 5.74) is 2.68. The molecule has 0 saturated heterocycles. The van der Waals surface area contributed by atoms with Crippen LogP contribution in [0, 0.1) is 5.92 Å². The van der Waals surface area contributed by atoms with Gasteiger partial charge < -0.3 is 5.32 Å². The molecule has 0 spiro atoms. The summed E-state index contributed by atoms with van der Waals surface area (Å²) in [6.07, 6.45) is 13.2. The second-order valence-corrected chi connectivity index (χ2v) is 7.68. The molecule has 1 N–H and O–H groups in total. The molecule has 0 amide bonds. The minimum atomic E-state index is 0.532. The molecule has 0 radical (unpaired) electrons. The zero-order valence-corrected chi connectivity index (χ0v) is 16.5. The van der Waals surface area contributed by atoms with Crippen LogP contribution in [0.4, 0.5) is 11.8 Å². The molecule has 0 aromatic carbocycles. The van der Waals surface area contributed by atoms with Gasteiger partial charge in [0.15, 0.2) is 5.65 Å². The highest BCUT2D eigenvalue weighted by Gasteiger charge is 2.16. The van der Waals surface area contributed by atoms with Crippen LogP contribution in [0.15, 0.2) is 42.9 Å². The molecule has 5 rings (SSSR count). The quantitative estimate of drug-likeness (QED) is 0.541. The van der Waals surface area contributed by atoms with Gasteiger partial charge in [-0.15, -0.1) is 10.2 Å². The summed E-state index contributed by atoms with van der Waals surface area (Å²) in [5.74, 6) is 3.26. The van der Waals surface area contributed by atoms with Crippen LogP contribution in [0.1, 0.15) is 37.9 Å². The monoisotopic (exact) mass is 388 g/mol. The number of nitrogens with zero attached hydrogens (tertiary/aromatic N) is 7. The molecular formula is C21H24N8. The number of anilines is 2. The predicted molar refractivity (Wildman–Crippen MR) is 111 cm³/mol. The Bertz CT molecular complexity index is 1120. The van der Waals surface area contributed by atoms with Crippen LogP contribution in [-0.2, 0) is 13.5 Å². The van der Waals surface area contributed by atoms with Crippen molar-refractivity contribution in [1.29, 1.82) is 0 Å². The third-order valence-electron chi connectivity index (χ3n) is 5.74. The van der Waals surface area contributed by atoms with Gasteiger partial charge in [0.05, 0.1) is 11.9 Å². The van der Waals surface area contributed by atoms with Gasteiger partial charge in [-0.1, -0.05) is 25.7 Å². The van der Waals surface area contributed by atoms with Crippen molar-refractivity contribution in [3.63, 3.8) is 0 Å². The molecular weight excluding hydrogens is 364 g/mol. The van der Waals surface area contributed by atoms with Gasteiger partial charge in [-0.05, 0) is 30.5 Å². The first-order valence-electron chi connectivity index (χ1n) is 10.2. The maximum Gasteiger partial charge on any atom is 0.228 e. The lowest BCUT2D eigenvalue weighted by Gasteiger charge is -2.08. The van der Waals surface area contributed by atoms with E-state index in [1.165, 1.54) is 32.1 Å². The van der Waals surface area contributed by atoms with Crippen LogP contribution >= 0.6 is 0 Å². The average molecular weight is 388 g/mol. The molecule has 4 heterocycles. The first-order valence-corrected chi connectivity index (χ1v) is 10.2. The summed E-state index contributed by atoms with van der Waals surface area (Å²) in [6, 6.07) is 7.87. The Morgan fingerprint density at radius 3 is 2.83 bits per heavy atom. The van der Waals surface area contributed by atoms with Crippen molar-refractivity contribution in [1.82, 2.24) is 34.3 Å². The van der Waals surface area contributed by atoms with Crippen LogP contribution in [0.5, 0.6) is 0 Å². The lowest BCUT2D eigenvalue weighted by Crippen LogP contribution is -2.03. The van der Waals surface area contributed by atoms with Gasteiger partial charge in [0.25, 0.3) is 0 Å². The maximum atomic E-state index is 4.64. The smallest absolute Gasteiger partial charge is 0.228 e. The van der Waals surface area contributed by atoms with E-state index in [9.17, 15) is 0 Å². The molecule has 1 saturated carbocycles. The number of pyridine rings is 1. The third-order valence-corrected chi connectivity index (χ3v) is 5.74. The molecule has 1 aliphatic carbocycles. The Morgan fingerprint density at radius 1 is 1.10 bits per heavy atom. The van der Waals surface area contributed by atoms with Crippen molar-refractivity contribution in [2.24, 2.45) is 13.0 Å². The predicted octanol–water partition coefficient (Wildman–Crippen LogP) is 3.79. The van der Waals surface area contributed by atoms with Crippen LogP contribution in [-0.4, -0.2) is 34.3 Å². The molecule has 8 nitrogen and oxygen atoms in total. The van der Waals surface area contributed by atoms with E-state index >= 15 is 0 Å². The highest BCUT2D eigenvalue weighted by Crippen LogP contribution is 2.28. The topological polar surface area (TPSA) is 85.8 Å². The summed E-state index contributed by atoms with van der Waals surface area (Å²) in [6.45, 7) is 0. The van der Waals surface area contributed by atoms with Gasteiger partial charge in [-0.3, -0.25) is 9.08 Å². The molecule has 148 valence electrons. The summed E-state index contributed by atoms with van der Waals surface area (Å²) >= 11 is 0. The van der Waals surface area contributed by atoms with E-state index in [-0.39, 0.29) is 0 Å². The number of nitrogens with one attached hydrogen (secondary N) is 1. The van der Waals surface area contributed by atoms with Gasteiger partial charge in [0.1, 0.15) is 11.6 Å². The zero-order valence-electron chi connectivity index (χ0n) is 16.5. The van der Waals surface area contributed by atoms with Crippen LogP contribution in [0.25, 0.3) is 16.9 Å². The first kappa shape index (κ1) is 17.8. The van der Waals surface area contributed by atoms with Crippen molar-refractivity contribution < 1.29 is 0 Å². The number of aryl methyl sites for hydroxylation is 2. The van der Waals surface area contributed by atoms with Gasteiger partial charge >= 0.3 is 0 Å². The molecule has 29 heavy (non-hydrogen) atoms. The fourth-order valence-electron chi connectivity index (χ4n) is 4.09. The molecule has 0 unspecified atom stereocenters. The summed E-state index contributed by atoms with van der Waals surface area (Å²) < 4.78 is 3.83. The van der Waals surface area contributed by atoms with E-state index in [2.05, 4.69) is 41.0 Å². The molecule has 4 aromatic rings. The maximum absolute atomic E-state index is 4.64. The van der Waals surface area contributed by atoms with Crippen LogP contribution in [0.2, 0.25) is 0 Å². The molecule has 4 aromatic heterocycles.